The maximum Gasteiger partial charge on any atom is 0.0459 e. The van der Waals surface area contributed by atoms with Gasteiger partial charge in [0.15, 0.2) is 0 Å². The molecule has 100 valence electrons. The van der Waals surface area contributed by atoms with Gasteiger partial charge in [0.1, 0.15) is 0 Å². The number of halogens is 1. The molecule has 0 unspecified atom stereocenters. The molecule has 0 spiro atoms. The van der Waals surface area contributed by atoms with Crippen molar-refractivity contribution in [2.24, 2.45) is 5.92 Å². The first-order chi connectivity index (χ1) is 8.67. The largest absolute Gasteiger partial charge is 0.396 e. The molecule has 0 saturated heterocycles. The molecular formula is C15H22ClNO. The summed E-state index contributed by atoms with van der Waals surface area (Å²) in [5, 5.41) is 13.5. The Morgan fingerprint density at radius 2 is 1.94 bits per heavy atom. The lowest BCUT2D eigenvalue weighted by atomic mass is 9.86. The second-order valence-electron chi connectivity index (χ2n) is 5.42. The van der Waals surface area contributed by atoms with Crippen LogP contribution in [0, 0.1) is 12.8 Å². The first-order valence-electron chi connectivity index (χ1n) is 6.77. The fraction of sp³-hybridized carbons (Fsp3) is 0.600. The Morgan fingerprint density at radius 1 is 1.22 bits per heavy atom. The Kier molecular flexibility index (Phi) is 5.04. The van der Waals surface area contributed by atoms with Crippen LogP contribution in [-0.2, 0) is 6.54 Å². The first-order valence-corrected chi connectivity index (χ1v) is 7.15. The molecule has 1 aliphatic carbocycles. The van der Waals surface area contributed by atoms with Crippen molar-refractivity contribution < 1.29 is 5.11 Å². The van der Waals surface area contributed by atoms with Crippen LogP contribution in [0.5, 0.6) is 0 Å². The number of hydrogen-bond acceptors (Lipinski definition) is 2. The summed E-state index contributed by atoms with van der Waals surface area (Å²) in [6, 6.07) is 6.78. The monoisotopic (exact) mass is 267 g/mol. The van der Waals surface area contributed by atoms with Gasteiger partial charge in [-0.2, -0.15) is 0 Å². The summed E-state index contributed by atoms with van der Waals surface area (Å²) < 4.78 is 0. The summed E-state index contributed by atoms with van der Waals surface area (Å²) in [7, 11) is 0. The minimum Gasteiger partial charge on any atom is -0.396 e. The summed E-state index contributed by atoms with van der Waals surface area (Å²) in [6.45, 7) is 3.30. The lowest BCUT2D eigenvalue weighted by Crippen LogP contribution is -2.33. The molecule has 1 fully saturated rings. The van der Waals surface area contributed by atoms with E-state index in [1.54, 1.807) is 0 Å². The predicted octanol–water partition coefficient (Wildman–Crippen LogP) is 3.29. The molecule has 0 aliphatic heterocycles. The molecule has 1 saturated carbocycles. The van der Waals surface area contributed by atoms with Crippen LogP contribution in [0.2, 0.25) is 5.02 Å². The summed E-state index contributed by atoms with van der Waals surface area (Å²) in [4.78, 5) is 0. The molecule has 18 heavy (non-hydrogen) atoms. The molecule has 2 N–H and O–H groups in total. The fourth-order valence-corrected chi connectivity index (χ4v) is 3.04. The van der Waals surface area contributed by atoms with Crippen LogP contribution >= 0.6 is 11.6 Å². The van der Waals surface area contributed by atoms with E-state index in [4.69, 9.17) is 16.7 Å². The van der Waals surface area contributed by atoms with E-state index in [1.807, 2.05) is 12.1 Å². The molecule has 0 heterocycles. The molecule has 0 amide bonds. The number of hydrogen-bond donors (Lipinski definition) is 2. The number of nitrogens with one attached hydrogen (secondary N) is 1. The molecule has 0 atom stereocenters. The molecule has 0 bridgehead atoms. The van der Waals surface area contributed by atoms with Gasteiger partial charge in [-0.3, -0.25) is 0 Å². The van der Waals surface area contributed by atoms with Crippen molar-refractivity contribution in [3.8, 4) is 0 Å². The van der Waals surface area contributed by atoms with Crippen LogP contribution in [0.15, 0.2) is 18.2 Å². The van der Waals surface area contributed by atoms with Gasteiger partial charge in [-0.05, 0) is 61.8 Å². The number of aryl methyl sites for hydroxylation is 1. The van der Waals surface area contributed by atoms with Gasteiger partial charge >= 0.3 is 0 Å². The minimum absolute atomic E-state index is 0.347. The third-order valence-corrected chi connectivity index (χ3v) is 4.02. The fourth-order valence-electron chi connectivity index (χ4n) is 2.73. The molecule has 2 nitrogen and oxygen atoms in total. The maximum absolute atomic E-state index is 9.11. The number of aliphatic hydroxyl groups excluding tert-OH is 1. The molecule has 1 aromatic rings. The van der Waals surface area contributed by atoms with Gasteiger partial charge in [0, 0.05) is 24.2 Å². The van der Waals surface area contributed by atoms with E-state index in [0.717, 1.165) is 24.4 Å². The van der Waals surface area contributed by atoms with Gasteiger partial charge in [-0.25, -0.2) is 0 Å². The smallest absolute Gasteiger partial charge is 0.0459 e. The first kappa shape index (κ1) is 13.9. The van der Waals surface area contributed by atoms with E-state index in [9.17, 15) is 0 Å². The van der Waals surface area contributed by atoms with Gasteiger partial charge in [0.25, 0.3) is 0 Å². The Morgan fingerprint density at radius 3 is 2.56 bits per heavy atom. The third-order valence-electron chi connectivity index (χ3n) is 3.80. The average Bonchev–Trinajstić information content (AvgIpc) is 2.36. The quantitative estimate of drug-likeness (QED) is 0.877. The molecular weight excluding hydrogens is 246 g/mol. The highest BCUT2D eigenvalue weighted by atomic mass is 35.5. The van der Waals surface area contributed by atoms with E-state index >= 15 is 0 Å². The second-order valence-corrected chi connectivity index (χ2v) is 5.85. The third kappa shape index (κ3) is 3.98. The Labute approximate surface area is 114 Å². The standard InChI is InChI=1S/C15H22ClNO/c1-11-6-13(8-14(16)7-11)9-17-15-4-2-12(10-18)3-5-15/h6-8,12,15,17-18H,2-5,9-10H2,1H3. The highest BCUT2D eigenvalue weighted by Crippen LogP contribution is 2.24. The highest BCUT2D eigenvalue weighted by molar-refractivity contribution is 6.30. The number of benzene rings is 1. The molecule has 1 aliphatic rings. The molecule has 2 rings (SSSR count). The molecule has 0 aromatic heterocycles. The van der Waals surface area contributed by atoms with Crippen molar-refractivity contribution >= 4 is 11.6 Å². The minimum atomic E-state index is 0.347. The van der Waals surface area contributed by atoms with Gasteiger partial charge in [-0.15, -0.1) is 0 Å². The average molecular weight is 268 g/mol. The zero-order chi connectivity index (χ0) is 13.0. The van der Waals surface area contributed by atoms with E-state index in [0.29, 0.717) is 18.6 Å². The zero-order valence-electron chi connectivity index (χ0n) is 11.0. The van der Waals surface area contributed by atoms with E-state index < -0.39 is 0 Å². The van der Waals surface area contributed by atoms with Crippen molar-refractivity contribution in [1.82, 2.24) is 5.32 Å². The number of aliphatic hydroxyl groups is 1. The molecule has 0 radical (unpaired) electrons. The summed E-state index contributed by atoms with van der Waals surface area (Å²) in [5.41, 5.74) is 2.47. The maximum atomic E-state index is 9.11. The SMILES string of the molecule is Cc1cc(Cl)cc(CNC2CCC(CO)CC2)c1. The number of rotatable bonds is 4. The topological polar surface area (TPSA) is 32.3 Å². The predicted molar refractivity (Wildman–Crippen MR) is 75.9 cm³/mol. The summed E-state index contributed by atoms with van der Waals surface area (Å²) in [5.74, 6) is 0.525. The van der Waals surface area contributed by atoms with E-state index in [-0.39, 0.29) is 0 Å². The molecule has 3 heteroatoms. The highest BCUT2D eigenvalue weighted by Gasteiger charge is 2.19. The van der Waals surface area contributed by atoms with Crippen LogP contribution < -0.4 is 5.32 Å². The lowest BCUT2D eigenvalue weighted by Gasteiger charge is -2.28. The van der Waals surface area contributed by atoms with Crippen molar-refractivity contribution in [1.29, 1.82) is 0 Å². The lowest BCUT2D eigenvalue weighted by molar-refractivity contribution is 0.175. The van der Waals surface area contributed by atoms with Crippen molar-refractivity contribution in [2.45, 2.75) is 45.2 Å². The van der Waals surface area contributed by atoms with Gasteiger partial charge < -0.3 is 10.4 Å². The van der Waals surface area contributed by atoms with Crippen molar-refractivity contribution in [2.75, 3.05) is 6.61 Å². The normalized spacial score (nSPS) is 24.2. The second kappa shape index (κ2) is 6.55. The molecule has 1 aromatic carbocycles. The Balaban J connectivity index is 1.81. The van der Waals surface area contributed by atoms with E-state index in [2.05, 4.69) is 18.3 Å². The van der Waals surface area contributed by atoms with Crippen LogP contribution in [0.1, 0.15) is 36.8 Å². The summed E-state index contributed by atoms with van der Waals surface area (Å²) >= 11 is 6.05. The summed E-state index contributed by atoms with van der Waals surface area (Å²) in [6.07, 6.45) is 4.63. The van der Waals surface area contributed by atoms with Crippen molar-refractivity contribution in [3.05, 3.63) is 34.3 Å². The van der Waals surface area contributed by atoms with Gasteiger partial charge in [0.2, 0.25) is 0 Å². The van der Waals surface area contributed by atoms with Crippen LogP contribution in [0.3, 0.4) is 0 Å². The Hall–Kier alpha value is -0.570. The zero-order valence-corrected chi connectivity index (χ0v) is 11.7. The van der Waals surface area contributed by atoms with Gasteiger partial charge in [-0.1, -0.05) is 17.7 Å². The van der Waals surface area contributed by atoms with Crippen LogP contribution in [0.25, 0.3) is 0 Å². The van der Waals surface area contributed by atoms with Crippen LogP contribution in [-0.4, -0.2) is 17.8 Å². The van der Waals surface area contributed by atoms with E-state index in [1.165, 1.54) is 24.0 Å². The van der Waals surface area contributed by atoms with Crippen molar-refractivity contribution in [3.63, 3.8) is 0 Å². The van der Waals surface area contributed by atoms with Gasteiger partial charge in [0.05, 0.1) is 0 Å². The Bertz CT molecular complexity index is 366. The van der Waals surface area contributed by atoms with Crippen LogP contribution in [0.4, 0.5) is 0 Å².